The first-order chi connectivity index (χ1) is 8.75. The highest BCUT2D eigenvalue weighted by Gasteiger charge is 2.34. The second-order valence-electron chi connectivity index (χ2n) is 5.32. The second-order valence-corrected chi connectivity index (χ2v) is 5.32. The Morgan fingerprint density at radius 3 is 2.74 bits per heavy atom. The Bertz CT molecular complexity index is 400. The Hall–Kier alpha value is -1.74. The van der Waals surface area contributed by atoms with Gasteiger partial charge in [-0.1, -0.05) is 0 Å². The van der Waals surface area contributed by atoms with Gasteiger partial charge in [-0.15, -0.1) is 12.3 Å². The van der Waals surface area contributed by atoms with Crippen molar-refractivity contribution in [1.82, 2.24) is 10.2 Å². The maximum absolute atomic E-state index is 12.0. The van der Waals surface area contributed by atoms with Gasteiger partial charge in [0.25, 0.3) is 0 Å². The lowest BCUT2D eigenvalue weighted by Gasteiger charge is -2.41. The van der Waals surface area contributed by atoms with E-state index in [4.69, 9.17) is 16.3 Å². The summed E-state index contributed by atoms with van der Waals surface area (Å²) < 4.78 is 5.68. The van der Waals surface area contributed by atoms with Gasteiger partial charge in [0.15, 0.2) is 0 Å². The van der Waals surface area contributed by atoms with E-state index in [9.17, 15) is 9.59 Å². The van der Waals surface area contributed by atoms with Crippen LogP contribution in [0.5, 0.6) is 0 Å². The number of amides is 2. The maximum Gasteiger partial charge on any atom is 0.327 e. The zero-order valence-corrected chi connectivity index (χ0v) is 11.5. The molecule has 1 aliphatic rings. The molecule has 0 spiro atoms. The number of nitrogens with one attached hydrogen (secondary N) is 1. The molecule has 0 aromatic rings. The number of ether oxygens (including phenoxy) is 1. The van der Waals surface area contributed by atoms with Gasteiger partial charge in [0.1, 0.15) is 6.04 Å². The molecular weight excluding hydrogens is 248 g/mol. The summed E-state index contributed by atoms with van der Waals surface area (Å²) in [6.45, 7) is 6.48. The van der Waals surface area contributed by atoms with Crippen LogP contribution in [0.2, 0.25) is 0 Å². The number of rotatable bonds is 3. The molecule has 6 nitrogen and oxygen atoms in total. The molecule has 106 valence electrons. The fourth-order valence-corrected chi connectivity index (χ4v) is 2.17. The van der Waals surface area contributed by atoms with Crippen LogP contribution in [-0.2, 0) is 9.53 Å². The van der Waals surface area contributed by atoms with E-state index < -0.39 is 23.6 Å². The van der Waals surface area contributed by atoms with Crippen LogP contribution in [0.15, 0.2) is 0 Å². The van der Waals surface area contributed by atoms with Gasteiger partial charge in [0.05, 0.1) is 18.2 Å². The highest BCUT2D eigenvalue weighted by Crippen LogP contribution is 2.20. The molecule has 0 saturated carbocycles. The minimum absolute atomic E-state index is 0.0373. The molecule has 2 unspecified atom stereocenters. The SMILES string of the molecule is C#CCC(NC(=O)N1CC(C)OC(C)(C)C1)C(=O)O. The zero-order chi connectivity index (χ0) is 14.6. The van der Waals surface area contributed by atoms with Crippen molar-refractivity contribution in [2.45, 2.75) is 44.9 Å². The molecule has 1 rings (SSSR count). The predicted octanol–water partition coefficient (Wildman–Crippen LogP) is 0.672. The number of carbonyl (C=O) groups is 2. The molecule has 0 aliphatic carbocycles. The number of carbonyl (C=O) groups excluding carboxylic acids is 1. The molecule has 1 aliphatic heterocycles. The minimum Gasteiger partial charge on any atom is -0.480 e. The van der Waals surface area contributed by atoms with Crippen molar-refractivity contribution in [2.24, 2.45) is 0 Å². The normalized spacial score (nSPS) is 23.3. The fourth-order valence-electron chi connectivity index (χ4n) is 2.17. The summed E-state index contributed by atoms with van der Waals surface area (Å²) in [5, 5.41) is 11.4. The van der Waals surface area contributed by atoms with E-state index in [-0.39, 0.29) is 12.5 Å². The Morgan fingerprint density at radius 1 is 1.63 bits per heavy atom. The third-order valence-corrected chi connectivity index (χ3v) is 2.77. The Morgan fingerprint density at radius 2 is 2.26 bits per heavy atom. The van der Waals surface area contributed by atoms with Crippen molar-refractivity contribution in [3.63, 3.8) is 0 Å². The van der Waals surface area contributed by atoms with Crippen molar-refractivity contribution >= 4 is 12.0 Å². The lowest BCUT2D eigenvalue weighted by Crippen LogP contribution is -2.58. The Kier molecular flexibility index (Phi) is 4.78. The fraction of sp³-hybridized carbons (Fsp3) is 0.692. The molecular formula is C13H20N2O4. The van der Waals surface area contributed by atoms with Crippen molar-refractivity contribution in [1.29, 1.82) is 0 Å². The molecule has 0 bridgehead atoms. The van der Waals surface area contributed by atoms with E-state index in [1.54, 1.807) is 4.90 Å². The smallest absolute Gasteiger partial charge is 0.327 e. The lowest BCUT2D eigenvalue weighted by atomic mass is 10.1. The quantitative estimate of drug-likeness (QED) is 0.737. The van der Waals surface area contributed by atoms with E-state index in [0.717, 1.165) is 0 Å². The largest absolute Gasteiger partial charge is 0.480 e. The first-order valence-corrected chi connectivity index (χ1v) is 6.14. The molecule has 19 heavy (non-hydrogen) atoms. The molecule has 1 heterocycles. The van der Waals surface area contributed by atoms with Gasteiger partial charge < -0.3 is 20.1 Å². The summed E-state index contributed by atoms with van der Waals surface area (Å²) in [6.07, 6.45) is 4.96. The molecule has 0 aromatic carbocycles. The van der Waals surface area contributed by atoms with Crippen LogP contribution in [0, 0.1) is 12.3 Å². The van der Waals surface area contributed by atoms with Gasteiger partial charge >= 0.3 is 12.0 Å². The van der Waals surface area contributed by atoms with Gasteiger partial charge in [-0.3, -0.25) is 0 Å². The average molecular weight is 268 g/mol. The number of urea groups is 1. The third kappa shape index (κ3) is 4.45. The van der Waals surface area contributed by atoms with E-state index >= 15 is 0 Å². The van der Waals surface area contributed by atoms with E-state index in [1.165, 1.54) is 0 Å². The van der Waals surface area contributed by atoms with Crippen molar-refractivity contribution in [3.05, 3.63) is 0 Å². The number of hydrogen-bond acceptors (Lipinski definition) is 3. The highest BCUT2D eigenvalue weighted by molar-refractivity contribution is 5.82. The molecule has 2 amide bonds. The number of aliphatic carboxylic acids is 1. The molecule has 2 atom stereocenters. The first-order valence-electron chi connectivity index (χ1n) is 6.14. The summed E-state index contributed by atoms with van der Waals surface area (Å²) in [5.41, 5.74) is -0.445. The Balaban J connectivity index is 2.67. The van der Waals surface area contributed by atoms with Crippen molar-refractivity contribution < 1.29 is 19.4 Å². The molecule has 2 N–H and O–H groups in total. The lowest BCUT2D eigenvalue weighted by molar-refractivity contribution is -0.139. The second kappa shape index (κ2) is 5.93. The molecule has 6 heteroatoms. The first kappa shape index (κ1) is 15.3. The van der Waals surface area contributed by atoms with Gasteiger partial charge in [0, 0.05) is 13.0 Å². The van der Waals surface area contributed by atoms with Crippen molar-refractivity contribution in [3.8, 4) is 12.3 Å². The van der Waals surface area contributed by atoms with Crippen LogP contribution in [0.25, 0.3) is 0 Å². The Labute approximate surface area is 113 Å². The van der Waals surface area contributed by atoms with Crippen LogP contribution >= 0.6 is 0 Å². The predicted molar refractivity (Wildman–Crippen MR) is 69.6 cm³/mol. The number of hydrogen-bond donors (Lipinski definition) is 2. The van der Waals surface area contributed by atoms with Gasteiger partial charge in [-0.25, -0.2) is 9.59 Å². The van der Waals surface area contributed by atoms with Crippen LogP contribution in [0.1, 0.15) is 27.2 Å². The summed E-state index contributed by atoms with van der Waals surface area (Å²) in [6, 6.07) is -1.48. The number of nitrogens with zero attached hydrogens (tertiary/aromatic N) is 1. The summed E-state index contributed by atoms with van der Waals surface area (Å²) in [7, 11) is 0. The molecule has 1 fully saturated rings. The summed E-state index contributed by atoms with van der Waals surface area (Å²) in [5.74, 6) is 1.11. The van der Waals surface area contributed by atoms with Crippen molar-refractivity contribution in [2.75, 3.05) is 13.1 Å². The number of morpholine rings is 1. The van der Waals surface area contributed by atoms with Gasteiger partial charge in [0.2, 0.25) is 0 Å². The highest BCUT2D eigenvalue weighted by atomic mass is 16.5. The summed E-state index contributed by atoms with van der Waals surface area (Å²) in [4.78, 5) is 24.6. The number of carboxylic acids is 1. The topological polar surface area (TPSA) is 78.9 Å². The van der Waals surface area contributed by atoms with E-state index in [2.05, 4.69) is 11.2 Å². The molecule has 1 saturated heterocycles. The minimum atomic E-state index is -1.13. The van der Waals surface area contributed by atoms with Crippen LogP contribution in [0.4, 0.5) is 4.79 Å². The number of carboxylic acid groups (broad SMARTS) is 1. The van der Waals surface area contributed by atoms with Crippen LogP contribution < -0.4 is 5.32 Å². The third-order valence-electron chi connectivity index (χ3n) is 2.77. The van der Waals surface area contributed by atoms with Gasteiger partial charge in [-0.2, -0.15) is 0 Å². The monoisotopic (exact) mass is 268 g/mol. The maximum atomic E-state index is 12.0. The van der Waals surface area contributed by atoms with Gasteiger partial charge in [-0.05, 0) is 20.8 Å². The van der Waals surface area contributed by atoms with Crippen LogP contribution in [-0.4, -0.2) is 52.8 Å². The molecule has 0 aromatic heterocycles. The van der Waals surface area contributed by atoms with Crippen LogP contribution in [0.3, 0.4) is 0 Å². The standard InChI is InChI=1S/C13H20N2O4/c1-5-6-10(11(16)17)14-12(18)15-7-9(2)19-13(3,4)8-15/h1,9-10H,6-8H2,2-4H3,(H,14,18)(H,16,17). The van der Waals surface area contributed by atoms with E-state index in [0.29, 0.717) is 13.1 Å². The zero-order valence-electron chi connectivity index (χ0n) is 11.5. The number of terminal acetylenes is 1. The average Bonchev–Trinajstić information content (AvgIpc) is 2.25. The van der Waals surface area contributed by atoms with E-state index in [1.807, 2.05) is 20.8 Å². The molecule has 0 radical (unpaired) electrons. The summed E-state index contributed by atoms with van der Waals surface area (Å²) >= 11 is 0.